The van der Waals surface area contributed by atoms with Gasteiger partial charge in [0.2, 0.25) is 5.91 Å². The number of benzene rings is 2. The summed E-state index contributed by atoms with van der Waals surface area (Å²) in [6, 6.07) is 14.9. The molecule has 0 unspecified atom stereocenters. The fraction of sp³-hybridized carbons (Fsp3) is 0.364. The minimum Gasteiger partial charge on any atom is -0.494 e. The highest BCUT2D eigenvalue weighted by molar-refractivity contribution is 8.15. The van der Waals surface area contributed by atoms with Crippen LogP contribution in [0.25, 0.3) is 0 Å². The van der Waals surface area contributed by atoms with Crippen LogP contribution >= 0.6 is 11.8 Å². The monoisotopic (exact) mass is 459 g/mol. The Hall–Kier alpha value is -2.52. The lowest BCUT2D eigenvalue weighted by Crippen LogP contribution is -2.36. The highest BCUT2D eigenvalue weighted by Crippen LogP contribution is 2.37. The van der Waals surface area contributed by atoms with Gasteiger partial charge in [-0.25, -0.2) is 8.42 Å². The molecule has 9 heteroatoms. The van der Waals surface area contributed by atoms with Crippen LogP contribution in [0, 0.1) is 6.92 Å². The highest BCUT2D eigenvalue weighted by atomic mass is 32.2. The second-order valence-electron chi connectivity index (χ2n) is 7.64. The van der Waals surface area contributed by atoms with Crippen LogP contribution in [0.15, 0.2) is 53.5 Å². The van der Waals surface area contributed by atoms with Gasteiger partial charge >= 0.3 is 0 Å². The molecule has 2 heterocycles. The summed E-state index contributed by atoms with van der Waals surface area (Å²) >= 11 is 1.44. The van der Waals surface area contributed by atoms with Gasteiger partial charge in [-0.2, -0.15) is 0 Å². The summed E-state index contributed by atoms with van der Waals surface area (Å²) in [5.41, 5.74) is 2.65. The van der Waals surface area contributed by atoms with Crippen LogP contribution in [0.2, 0.25) is 0 Å². The lowest BCUT2D eigenvalue weighted by molar-refractivity contribution is -0.114. The molecule has 2 atom stereocenters. The first-order chi connectivity index (χ1) is 14.8. The Bertz CT molecular complexity index is 1080. The predicted octanol–water partition coefficient (Wildman–Crippen LogP) is 3.11. The van der Waals surface area contributed by atoms with Crippen molar-refractivity contribution in [3.8, 4) is 5.75 Å². The first-order valence-electron chi connectivity index (χ1n) is 10.1. The molecule has 2 aliphatic rings. The number of amides is 1. The Morgan fingerprint density at radius 1 is 1.16 bits per heavy atom. The number of nitrogens with one attached hydrogen (secondary N) is 1. The van der Waals surface area contributed by atoms with Gasteiger partial charge in [0.1, 0.15) is 12.3 Å². The second-order valence-corrected chi connectivity index (χ2v) is 11.0. The van der Waals surface area contributed by atoms with Crippen molar-refractivity contribution in [2.45, 2.75) is 25.1 Å². The van der Waals surface area contributed by atoms with Gasteiger partial charge in [0.05, 0.1) is 24.2 Å². The molecule has 2 aromatic rings. The van der Waals surface area contributed by atoms with Crippen molar-refractivity contribution in [2.75, 3.05) is 34.9 Å². The summed E-state index contributed by atoms with van der Waals surface area (Å²) in [5.74, 6) is 0.771. The van der Waals surface area contributed by atoms with Crippen molar-refractivity contribution in [2.24, 2.45) is 4.99 Å². The quantitative estimate of drug-likeness (QED) is 0.714. The van der Waals surface area contributed by atoms with Gasteiger partial charge in [-0.3, -0.25) is 9.79 Å². The molecule has 164 valence electrons. The number of carbonyl (C=O) groups excluding carboxylic acids is 1. The number of ether oxygens (including phenoxy) is 1. The largest absolute Gasteiger partial charge is 0.494 e. The third-order valence-corrected chi connectivity index (χ3v) is 8.38. The first-order valence-corrected chi connectivity index (χ1v) is 12.8. The Kier molecular flexibility index (Phi) is 6.24. The van der Waals surface area contributed by atoms with Crippen molar-refractivity contribution >= 4 is 44.0 Å². The molecular formula is C22H25N3O4S2. The molecule has 7 nitrogen and oxygen atoms in total. The third kappa shape index (κ3) is 5.22. The van der Waals surface area contributed by atoms with E-state index < -0.39 is 9.84 Å². The van der Waals surface area contributed by atoms with Crippen molar-refractivity contribution in [3.63, 3.8) is 0 Å². The van der Waals surface area contributed by atoms with Crippen LogP contribution in [-0.2, 0) is 14.6 Å². The van der Waals surface area contributed by atoms with E-state index >= 15 is 0 Å². The normalized spacial score (nSPS) is 21.3. The van der Waals surface area contributed by atoms with Gasteiger partial charge in [0.15, 0.2) is 15.0 Å². The lowest BCUT2D eigenvalue weighted by Gasteiger charge is -2.24. The molecule has 0 aliphatic carbocycles. The van der Waals surface area contributed by atoms with E-state index in [1.807, 2.05) is 67.3 Å². The van der Waals surface area contributed by atoms with E-state index in [-0.39, 0.29) is 35.2 Å². The van der Waals surface area contributed by atoms with E-state index in [1.54, 1.807) is 0 Å². The molecule has 1 N–H and O–H groups in total. The molecule has 0 spiro atoms. The summed E-state index contributed by atoms with van der Waals surface area (Å²) in [6.07, 6.45) is 0. The molecule has 2 aliphatic heterocycles. The SMILES string of the molecule is CCOc1ccc(N(CC(=O)Nc2ccc(C)cc2)C2=N[C@H]3CS(=O)(=O)C[C@H]3S2)cc1. The van der Waals surface area contributed by atoms with Gasteiger partial charge in [-0.15, -0.1) is 0 Å². The number of rotatable bonds is 6. The minimum absolute atomic E-state index is 0.0693. The van der Waals surface area contributed by atoms with E-state index in [9.17, 15) is 13.2 Å². The second kappa shape index (κ2) is 8.92. The maximum atomic E-state index is 12.8. The van der Waals surface area contributed by atoms with Gasteiger partial charge in [-0.05, 0) is 50.2 Å². The molecule has 0 radical (unpaired) electrons. The summed E-state index contributed by atoms with van der Waals surface area (Å²) in [5, 5.41) is 3.50. The lowest BCUT2D eigenvalue weighted by atomic mass is 10.2. The maximum absolute atomic E-state index is 12.8. The molecule has 1 saturated heterocycles. The van der Waals surface area contributed by atoms with Crippen molar-refractivity contribution < 1.29 is 17.9 Å². The van der Waals surface area contributed by atoms with Crippen LogP contribution in [-0.4, -0.2) is 55.4 Å². The van der Waals surface area contributed by atoms with E-state index in [0.29, 0.717) is 11.8 Å². The Labute approximate surface area is 186 Å². The number of carbonyl (C=O) groups is 1. The van der Waals surface area contributed by atoms with Crippen LogP contribution < -0.4 is 15.0 Å². The van der Waals surface area contributed by atoms with Crippen LogP contribution in [0.3, 0.4) is 0 Å². The number of hydrogen-bond acceptors (Lipinski definition) is 7. The van der Waals surface area contributed by atoms with Gasteiger partial charge < -0.3 is 15.0 Å². The van der Waals surface area contributed by atoms with Crippen LogP contribution in [0.5, 0.6) is 5.75 Å². The summed E-state index contributed by atoms with van der Waals surface area (Å²) < 4.78 is 29.4. The number of aryl methyl sites for hydroxylation is 1. The Morgan fingerprint density at radius 3 is 2.52 bits per heavy atom. The maximum Gasteiger partial charge on any atom is 0.244 e. The molecular weight excluding hydrogens is 434 g/mol. The zero-order valence-electron chi connectivity index (χ0n) is 17.4. The van der Waals surface area contributed by atoms with E-state index in [1.165, 1.54) is 11.8 Å². The third-order valence-electron chi connectivity index (χ3n) is 5.13. The van der Waals surface area contributed by atoms with E-state index in [0.717, 1.165) is 22.7 Å². The fourth-order valence-corrected chi connectivity index (χ4v) is 7.39. The average Bonchev–Trinajstić information content (AvgIpc) is 3.22. The number of thioether (sulfide) groups is 1. The fourth-order valence-electron chi connectivity index (χ4n) is 3.61. The van der Waals surface area contributed by atoms with E-state index in [2.05, 4.69) is 10.3 Å². The van der Waals surface area contributed by atoms with Crippen molar-refractivity contribution in [1.82, 2.24) is 0 Å². The molecule has 2 aromatic carbocycles. The standard InChI is InChI=1S/C22H25N3O4S2/c1-3-29-18-10-8-17(9-11-18)25(12-21(26)23-16-6-4-15(2)5-7-16)22-24-19-13-31(27,28)14-20(19)30-22/h4-11,19-20H,3,12-14H2,1-2H3,(H,23,26)/t19-,20+/m0/s1. The number of aliphatic imine (C=N–C) groups is 1. The molecule has 31 heavy (non-hydrogen) atoms. The summed E-state index contributed by atoms with van der Waals surface area (Å²) in [4.78, 5) is 19.3. The van der Waals surface area contributed by atoms with Gasteiger partial charge in [0, 0.05) is 16.6 Å². The van der Waals surface area contributed by atoms with E-state index in [4.69, 9.17) is 4.74 Å². The zero-order chi connectivity index (χ0) is 22.0. The molecule has 0 aromatic heterocycles. The molecule has 0 saturated carbocycles. The Morgan fingerprint density at radius 2 is 1.87 bits per heavy atom. The smallest absolute Gasteiger partial charge is 0.244 e. The van der Waals surface area contributed by atoms with Crippen LogP contribution in [0.4, 0.5) is 11.4 Å². The first kappa shape index (κ1) is 21.7. The molecule has 4 rings (SSSR count). The minimum atomic E-state index is -3.04. The average molecular weight is 460 g/mol. The molecule has 1 amide bonds. The van der Waals surface area contributed by atoms with Gasteiger partial charge in [-0.1, -0.05) is 29.5 Å². The Balaban J connectivity index is 1.55. The molecule has 0 bridgehead atoms. The highest BCUT2D eigenvalue weighted by Gasteiger charge is 2.44. The number of anilines is 2. The number of sulfone groups is 1. The topological polar surface area (TPSA) is 88.1 Å². The summed E-state index contributed by atoms with van der Waals surface area (Å²) in [7, 11) is -3.04. The van der Waals surface area contributed by atoms with Crippen molar-refractivity contribution in [3.05, 3.63) is 54.1 Å². The summed E-state index contributed by atoms with van der Waals surface area (Å²) in [6.45, 7) is 4.56. The number of hydrogen-bond donors (Lipinski definition) is 1. The number of fused-ring (bicyclic) bond motifs is 1. The van der Waals surface area contributed by atoms with Crippen molar-refractivity contribution in [1.29, 1.82) is 0 Å². The molecule has 1 fully saturated rings. The zero-order valence-corrected chi connectivity index (χ0v) is 19.1. The predicted molar refractivity (Wildman–Crippen MR) is 126 cm³/mol. The number of nitrogens with zero attached hydrogens (tertiary/aromatic N) is 2. The van der Waals surface area contributed by atoms with Gasteiger partial charge in [0.25, 0.3) is 0 Å². The van der Waals surface area contributed by atoms with Crippen LogP contribution in [0.1, 0.15) is 12.5 Å². The number of amidine groups is 1.